The minimum Gasteiger partial charge on any atom is -0.493 e. The van der Waals surface area contributed by atoms with E-state index in [4.69, 9.17) is 29.7 Å². The largest absolute Gasteiger partial charge is 0.493 e. The number of hydrogen-bond acceptors (Lipinski definition) is 10. The van der Waals surface area contributed by atoms with Crippen LogP contribution in [0.3, 0.4) is 0 Å². The van der Waals surface area contributed by atoms with E-state index in [-0.39, 0.29) is 58.0 Å². The Morgan fingerprint density at radius 1 is 1.23 bits per heavy atom. The number of ether oxygens (including phenoxy) is 4. The van der Waals surface area contributed by atoms with Gasteiger partial charge in [0.1, 0.15) is 34.4 Å². The first-order valence-electron chi connectivity index (χ1n) is 18.7. The lowest BCUT2D eigenvalue weighted by Gasteiger charge is -2.44. The molecule has 4 fully saturated rings. The Hall–Kier alpha value is -4.39. The monoisotopic (exact) mass is 718 g/mol. The van der Waals surface area contributed by atoms with E-state index < -0.39 is 29.6 Å². The molecule has 1 saturated carbocycles. The highest BCUT2D eigenvalue weighted by Crippen LogP contribution is 2.50. The molecule has 4 aliphatic heterocycles. The predicted octanol–water partition coefficient (Wildman–Crippen LogP) is 6.96. The van der Waals surface area contributed by atoms with Crippen molar-refractivity contribution in [2.45, 2.75) is 109 Å². The molecule has 13 heteroatoms. The Morgan fingerprint density at radius 3 is 2.77 bits per heavy atom. The maximum Gasteiger partial charge on any atom is 0.415 e. The molecule has 0 unspecified atom stereocenters. The highest BCUT2D eigenvalue weighted by molar-refractivity contribution is 6.07. The highest BCUT2D eigenvalue weighted by atomic mass is 19.1. The van der Waals surface area contributed by atoms with Crippen LogP contribution in [-0.2, 0) is 15.9 Å². The average molecular weight is 719 g/mol. The molecule has 280 valence electrons. The van der Waals surface area contributed by atoms with E-state index in [0.717, 1.165) is 50.6 Å². The second-order valence-electron chi connectivity index (χ2n) is 15.6. The van der Waals surface area contributed by atoms with Crippen molar-refractivity contribution in [2.24, 2.45) is 5.92 Å². The van der Waals surface area contributed by atoms with E-state index in [1.807, 2.05) is 26.0 Å². The summed E-state index contributed by atoms with van der Waals surface area (Å²) in [5, 5.41) is 0.233. The van der Waals surface area contributed by atoms with Crippen molar-refractivity contribution in [1.82, 2.24) is 19.8 Å². The zero-order valence-electron chi connectivity index (χ0n) is 31.1. The lowest BCUT2D eigenvalue weighted by molar-refractivity contribution is 0.0509. The van der Waals surface area contributed by atoms with Gasteiger partial charge in [-0.05, 0) is 91.4 Å². The third kappa shape index (κ3) is 6.56. The Balaban J connectivity index is 1.38. The highest BCUT2D eigenvalue weighted by Gasteiger charge is 2.59. The van der Waals surface area contributed by atoms with Gasteiger partial charge in [-0.3, -0.25) is 14.8 Å². The number of likely N-dealkylation sites (N-methyl/N-ethyl adjacent to an activating group) is 1. The SMILES string of the molecule is CCCCOC(=O)N1C[C@H]2C[C@@H]1[C@H]2N(C(=O)OC(C)(C)C)c1c(N)c(O[C@@H](C)[C@@H]2CCCN2C)nc2c(F)c(-c3cccc4c3OCCC4)ncc12. The lowest BCUT2D eigenvalue weighted by Crippen LogP contribution is -2.58. The summed E-state index contributed by atoms with van der Waals surface area (Å²) < 4.78 is 41.3. The molecule has 2 bridgehead atoms. The second kappa shape index (κ2) is 14.2. The van der Waals surface area contributed by atoms with Crippen molar-refractivity contribution >= 4 is 34.5 Å². The number of halogens is 1. The van der Waals surface area contributed by atoms with Crippen LogP contribution in [-0.4, -0.2) is 95.1 Å². The number of unbranched alkanes of at least 4 members (excludes halogenated alkanes) is 1. The fraction of sp³-hybridized carbons (Fsp3) is 0.590. The van der Waals surface area contributed by atoms with Gasteiger partial charge in [0.15, 0.2) is 5.82 Å². The number of likely N-dealkylation sites (tertiary alicyclic amines) is 1. The number of rotatable bonds is 9. The number of carbonyl (C=O) groups is 2. The van der Waals surface area contributed by atoms with E-state index in [1.54, 1.807) is 31.7 Å². The van der Waals surface area contributed by atoms with Crippen LogP contribution in [0.25, 0.3) is 22.2 Å². The number of amides is 2. The molecule has 2 amide bonds. The van der Waals surface area contributed by atoms with Crippen LogP contribution in [0.5, 0.6) is 11.6 Å². The number of nitrogens with zero attached hydrogens (tertiary/aromatic N) is 5. The topological polar surface area (TPSA) is 133 Å². The molecule has 6 heterocycles. The molecule has 8 rings (SSSR count). The van der Waals surface area contributed by atoms with Crippen LogP contribution in [0.1, 0.15) is 78.7 Å². The molecule has 2 aromatic heterocycles. The number of aromatic nitrogens is 2. The first-order chi connectivity index (χ1) is 24.9. The number of pyridine rings is 2. The van der Waals surface area contributed by atoms with Crippen molar-refractivity contribution in [2.75, 3.05) is 44.0 Å². The van der Waals surface area contributed by atoms with Gasteiger partial charge in [0.05, 0.1) is 31.0 Å². The van der Waals surface area contributed by atoms with Gasteiger partial charge in [-0.25, -0.2) is 19.0 Å². The summed E-state index contributed by atoms with van der Waals surface area (Å²) in [5.74, 6) is -0.136. The van der Waals surface area contributed by atoms with Crippen LogP contribution in [0, 0.1) is 11.7 Å². The summed E-state index contributed by atoms with van der Waals surface area (Å²) in [6.07, 6.45) is 6.09. The summed E-state index contributed by atoms with van der Waals surface area (Å²) in [6.45, 7) is 11.5. The van der Waals surface area contributed by atoms with E-state index in [9.17, 15) is 9.59 Å². The van der Waals surface area contributed by atoms with Crippen LogP contribution in [0.4, 0.5) is 25.4 Å². The molecule has 2 N–H and O–H groups in total. The Kier molecular flexibility index (Phi) is 9.83. The number of carbonyl (C=O) groups excluding carboxylic acids is 2. The lowest BCUT2D eigenvalue weighted by atomic mass is 9.78. The van der Waals surface area contributed by atoms with Crippen molar-refractivity contribution in [1.29, 1.82) is 0 Å². The van der Waals surface area contributed by atoms with Gasteiger partial charge in [0, 0.05) is 35.7 Å². The Labute approximate surface area is 304 Å². The number of anilines is 2. The van der Waals surface area contributed by atoms with Crippen LogP contribution >= 0.6 is 0 Å². The molecule has 5 atom stereocenters. The zero-order valence-corrected chi connectivity index (χ0v) is 31.1. The smallest absolute Gasteiger partial charge is 0.415 e. The van der Waals surface area contributed by atoms with Crippen LogP contribution in [0.15, 0.2) is 24.4 Å². The van der Waals surface area contributed by atoms with Gasteiger partial charge in [-0.1, -0.05) is 25.5 Å². The molecular weight excluding hydrogens is 667 g/mol. The molecule has 3 saturated heterocycles. The molecule has 3 aromatic rings. The maximum atomic E-state index is 17.1. The Bertz CT molecular complexity index is 1850. The average Bonchev–Trinajstić information content (AvgIpc) is 3.83. The number of nitrogen functional groups attached to an aromatic ring is 1. The number of aryl methyl sites for hydroxylation is 1. The summed E-state index contributed by atoms with van der Waals surface area (Å²) in [4.78, 5) is 42.5. The molecule has 5 aliphatic rings. The number of hydrogen-bond donors (Lipinski definition) is 1. The normalized spacial score (nSPS) is 23.1. The number of fused-ring (bicyclic) bond motifs is 3. The summed E-state index contributed by atoms with van der Waals surface area (Å²) in [6, 6.07) is 4.89. The number of nitrogens with two attached hydrogens (primary N) is 1. The maximum absolute atomic E-state index is 17.1. The minimum absolute atomic E-state index is 0.0220. The molecule has 1 aliphatic carbocycles. The van der Waals surface area contributed by atoms with Gasteiger partial charge in [0.25, 0.3) is 0 Å². The van der Waals surface area contributed by atoms with Crippen molar-refractivity contribution in [3.8, 4) is 22.9 Å². The summed E-state index contributed by atoms with van der Waals surface area (Å²) in [7, 11) is 2.05. The fourth-order valence-electron chi connectivity index (χ4n) is 8.31. The van der Waals surface area contributed by atoms with Gasteiger partial charge < -0.3 is 29.6 Å². The third-order valence-corrected chi connectivity index (χ3v) is 10.9. The van der Waals surface area contributed by atoms with Crippen molar-refractivity contribution in [3.63, 3.8) is 0 Å². The van der Waals surface area contributed by atoms with E-state index >= 15 is 4.39 Å². The molecule has 52 heavy (non-hydrogen) atoms. The first-order valence-corrected chi connectivity index (χ1v) is 18.7. The van der Waals surface area contributed by atoms with Gasteiger partial charge >= 0.3 is 12.2 Å². The van der Waals surface area contributed by atoms with Gasteiger partial charge in [0.2, 0.25) is 5.88 Å². The zero-order chi connectivity index (χ0) is 36.9. The van der Waals surface area contributed by atoms with Crippen molar-refractivity contribution in [3.05, 3.63) is 35.8 Å². The van der Waals surface area contributed by atoms with E-state index in [0.29, 0.717) is 37.5 Å². The number of benzene rings is 1. The number of para-hydroxylation sites is 1. The van der Waals surface area contributed by atoms with Gasteiger partial charge in [-0.15, -0.1) is 0 Å². The molecular formula is C39H51FN6O6. The standard InChI is InChI=1S/C39H51FN6O6/c1-7-8-17-50-37(47)45-21-24-19-28(45)33(24)46(38(48)52-39(3,4)5)34-26-20-42-31(25-14-9-12-23-13-11-18-49-35(23)25)29(40)32(26)43-36(30(34)41)51-22(2)27-15-10-16-44(27)6/h9,12,14,20,22,24,27-28,33H,7-8,10-11,13,15-19,21,41H2,1-6H3/t22-,24+,27-,28+,33-/m0/s1. The van der Waals surface area contributed by atoms with Crippen LogP contribution in [0.2, 0.25) is 0 Å². The van der Waals surface area contributed by atoms with Crippen molar-refractivity contribution < 1.29 is 32.9 Å². The fourth-order valence-corrected chi connectivity index (χ4v) is 8.31. The van der Waals surface area contributed by atoms with Crippen LogP contribution < -0.4 is 20.1 Å². The summed E-state index contributed by atoms with van der Waals surface area (Å²) >= 11 is 0. The molecule has 12 nitrogen and oxygen atoms in total. The summed E-state index contributed by atoms with van der Waals surface area (Å²) in [5.41, 5.74) is 7.97. The van der Waals surface area contributed by atoms with Gasteiger partial charge in [-0.2, -0.15) is 0 Å². The van der Waals surface area contributed by atoms with E-state index in [1.165, 1.54) is 11.1 Å². The molecule has 1 aromatic carbocycles. The molecule has 0 spiro atoms. The third-order valence-electron chi connectivity index (χ3n) is 10.9. The minimum atomic E-state index is -0.863. The second-order valence-corrected chi connectivity index (χ2v) is 15.6. The molecule has 0 radical (unpaired) electrons. The van der Waals surface area contributed by atoms with E-state index in [2.05, 4.69) is 16.9 Å². The quantitative estimate of drug-likeness (QED) is 0.232. The Morgan fingerprint density at radius 2 is 2.04 bits per heavy atom. The predicted molar refractivity (Wildman–Crippen MR) is 196 cm³/mol. The first kappa shape index (κ1) is 36.0.